The number of hydrogen-bond donors (Lipinski definition) is 2. The minimum Gasteiger partial charge on any atom is -0.385 e. The van der Waals surface area contributed by atoms with E-state index in [1.807, 2.05) is 0 Å². The molecule has 2 N–H and O–H groups in total. The smallest absolute Gasteiger partial charge is 0.226 e. The van der Waals surface area contributed by atoms with Crippen LogP contribution in [0.25, 0.3) is 0 Å². The van der Waals surface area contributed by atoms with Gasteiger partial charge in [-0.2, -0.15) is 0 Å². The van der Waals surface area contributed by atoms with Crippen molar-refractivity contribution in [1.82, 2.24) is 10.6 Å². The number of piperidine rings is 1. The average Bonchev–Trinajstić information content (AvgIpc) is 3.04. The predicted molar refractivity (Wildman–Crippen MR) is 85.8 cm³/mol. The quantitative estimate of drug-likeness (QED) is 0.819. The van der Waals surface area contributed by atoms with Gasteiger partial charge in [0.25, 0.3) is 0 Å². The zero-order valence-corrected chi connectivity index (χ0v) is 13.8. The van der Waals surface area contributed by atoms with Crippen molar-refractivity contribution in [2.45, 2.75) is 75.9 Å². The number of halogens is 1. The summed E-state index contributed by atoms with van der Waals surface area (Å²) < 4.78 is 5.22. The molecule has 3 fully saturated rings. The second-order valence-electron chi connectivity index (χ2n) is 7.01. The Labute approximate surface area is 134 Å². The van der Waals surface area contributed by atoms with Crippen LogP contribution in [0.5, 0.6) is 0 Å². The standard InChI is InChI=1S/C16H28N2O2.ClH/c1-20-9-8-16(6-2-3-7-16)15(19)18-14-10-12-4-5-13(11-14)17-12;/h12-14,17H,2-11H2,1H3,(H,18,19);1H. The molecule has 0 spiro atoms. The molecule has 3 rings (SSSR count). The van der Waals surface area contributed by atoms with Crippen LogP contribution in [0.3, 0.4) is 0 Å². The number of hydrogen-bond acceptors (Lipinski definition) is 3. The lowest BCUT2D eigenvalue weighted by atomic mass is 9.81. The Hall–Kier alpha value is -0.320. The van der Waals surface area contributed by atoms with Gasteiger partial charge < -0.3 is 15.4 Å². The Kier molecular flexibility index (Phi) is 5.92. The Morgan fingerprint density at radius 3 is 2.43 bits per heavy atom. The topological polar surface area (TPSA) is 50.4 Å². The van der Waals surface area contributed by atoms with Crippen LogP contribution in [-0.2, 0) is 9.53 Å². The average molecular weight is 317 g/mol. The summed E-state index contributed by atoms with van der Waals surface area (Å²) >= 11 is 0. The zero-order valence-electron chi connectivity index (χ0n) is 13.0. The maximum absolute atomic E-state index is 12.8. The Bertz CT molecular complexity index is 346. The van der Waals surface area contributed by atoms with Gasteiger partial charge in [0.2, 0.25) is 5.91 Å². The van der Waals surface area contributed by atoms with Crippen LogP contribution in [0, 0.1) is 5.41 Å². The Balaban J connectivity index is 0.00000161. The Morgan fingerprint density at radius 2 is 1.86 bits per heavy atom. The van der Waals surface area contributed by atoms with E-state index in [0.29, 0.717) is 30.6 Å². The molecule has 0 aromatic rings. The number of carbonyl (C=O) groups excluding carboxylic acids is 1. The first-order valence-corrected chi connectivity index (χ1v) is 8.28. The lowest BCUT2D eigenvalue weighted by Gasteiger charge is -2.34. The van der Waals surface area contributed by atoms with Crippen molar-refractivity contribution < 1.29 is 9.53 Å². The minimum absolute atomic E-state index is 0. The highest BCUT2D eigenvalue weighted by atomic mass is 35.5. The van der Waals surface area contributed by atoms with E-state index in [0.717, 1.165) is 32.1 Å². The summed E-state index contributed by atoms with van der Waals surface area (Å²) in [6, 6.07) is 1.66. The monoisotopic (exact) mass is 316 g/mol. The third-order valence-electron chi connectivity index (χ3n) is 5.64. The third kappa shape index (κ3) is 3.72. The fourth-order valence-electron chi connectivity index (χ4n) is 4.45. The highest BCUT2D eigenvalue weighted by molar-refractivity contribution is 5.85. The molecule has 0 radical (unpaired) electrons. The van der Waals surface area contributed by atoms with E-state index < -0.39 is 0 Å². The van der Waals surface area contributed by atoms with E-state index >= 15 is 0 Å². The first kappa shape index (κ1) is 17.0. The van der Waals surface area contributed by atoms with E-state index in [1.54, 1.807) is 7.11 Å². The normalized spacial score (nSPS) is 33.5. The van der Waals surface area contributed by atoms with Crippen LogP contribution in [0.2, 0.25) is 0 Å². The molecule has 0 aromatic heterocycles. The predicted octanol–water partition coefficient (Wildman–Crippen LogP) is 2.40. The second kappa shape index (κ2) is 7.30. The molecule has 4 nitrogen and oxygen atoms in total. The molecular weight excluding hydrogens is 288 g/mol. The molecule has 2 atom stereocenters. The largest absolute Gasteiger partial charge is 0.385 e. The maximum Gasteiger partial charge on any atom is 0.226 e. The van der Waals surface area contributed by atoms with Gasteiger partial charge in [-0.15, -0.1) is 12.4 Å². The van der Waals surface area contributed by atoms with Gasteiger partial charge in [0, 0.05) is 31.8 Å². The second-order valence-corrected chi connectivity index (χ2v) is 7.01. The van der Waals surface area contributed by atoms with Crippen LogP contribution in [0.1, 0.15) is 57.8 Å². The van der Waals surface area contributed by atoms with E-state index in [9.17, 15) is 4.79 Å². The van der Waals surface area contributed by atoms with E-state index in [1.165, 1.54) is 25.7 Å². The van der Waals surface area contributed by atoms with Gasteiger partial charge in [-0.05, 0) is 44.9 Å². The van der Waals surface area contributed by atoms with Crippen molar-refractivity contribution >= 4 is 18.3 Å². The zero-order chi connectivity index (χ0) is 14.0. The van der Waals surface area contributed by atoms with Crippen molar-refractivity contribution in [1.29, 1.82) is 0 Å². The first-order chi connectivity index (χ1) is 9.72. The van der Waals surface area contributed by atoms with Gasteiger partial charge in [0.15, 0.2) is 0 Å². The number of nitrogens with one attached hydrogen (secondary N) is 2. The molecule has 2 heterocycles. The number of rotatable bonds is 5. The van der Waals surface area contributed by atoms with E-state index in [2.05, 4.69) is 10.6 Å². The van der Waals surface area contributed by atoms with Crippen molar-refractivity contribution in [3.63, 3.8) is 0 Å². The van der Waals surface area contributed by atoms with Gasteiger partial charge in [0.1, 0.15) is 0 Å². The lowest BCUT2D eigenvalue weighted by Crippen LogP contribution is -2.51. The highest BCUT2D eigenvalue weighted by Crippen LogP contribution is 2.41. The summed E-state index contributed by atoms with van der Waals surface area (Å²) in [5.74, 6) is 0.304. The molecule has 2 bridgehead atoms. The summed E-state index contributed by atoms with van der Waals surface area (Å²) in [6.45, 7) is 0.699. The molecule has 2 aliphatic heterocycles. The van der Waals surface area contributed by atoms with Gasteiger partial charge in [-0.25, -0.2) is 0 Å². The number of ether oxygens (including phenoxy) is 1. The molecule has 122 valence electrons. The summed E-state index contributed by atoms with van der Waals surface area (Å²) in [4.78, 5) is 12.8. The first-order valence-electron chi connectivity index (χ1n) is 8.28. The van der Waals surface area contributed by atoms with Crippen LogP contribution >= 0.6 is 12.4 Å². The fraction of sp³-hybridized carbons (Fsp3) is 0.938. The van der Waals surface area contributed by atoms with E-state index in [-0.39, 0.29) is 17.8 Å². The third-order valence-corrected chi connectivity index (χ3v) is 5.64. The number of fused-ring (bicyclic) bond motifs is 2. The molecule has 1 saturated carbocycles. The maximum atomic E-state index is 12.8. The summed E-state index contributed by atoms with van der Waals surface area (Å²) in [5.41, 5.74) is -0.139. The molecule has 2 saturated heterocycles. The van der Waals surface area contributed by atoms with Gasteiger partial charge in [-0.1, -0.05) is 12.8 Å². The molecule has 1 amide bonds. The molecule has 2 unspecified atom stereocenters. The van der Waals surface area contributed by atoms with Crippen LogP contribution in [0.15, 0.2) is 0 Å². The number of amides is 1. The summed E-state index contributed by atoms with van der Waals surface area (Å²) in [6.07, 6.45) is 10.1. The van der Waals surface area contributed by atoms with Gasteiger partial charge in [0.05, 0.1) is 5.41 Å². The van der Waals surface area contributed by atoms with Crippen LogP contribution < -0.4 is 10.6 Å². The molecule has 21 heavy (non-hydrogen) atoms. The molecule has 0 aromatic carbocycles. The summed E-state index contributed by atoms with van der Waals surface area (Å²) in [5, 5.41) is 7.01. The van der Waals surface area contributed by atoms with Crippen molar-refractivity contribution in [2.24, 2.45) is 5.41 Å². The molecule has 3 aliphatic rings. The fourth-order valence-corrected chi connectivity index (χ4v) is 4.45. The van der Waals surface area contributed by atoms with Crippen LogP contribution in [0.4, 0.5) is 0 Å². The molecule has 1 aliphatic carbocycles. The molecular formula is C16H29ClN2O2. The number of carbonyl (C=O) groups is 1. The lowest BCUT2D eigenvalue weighted by molar-refractivity contribution is -0.133. The van der Waals surface area contributed by atoms with Gasteiger partial charge >= 0.3 is 0 Å². The highest BCUT2D eigenvalue weighted by Gasteiger charge is 2.42. The molecule has 5 heteroatoms. The Morgan fingerprint density at radius 1 is 1.24 bits per heavy atom. The van der Waals surface area contributed by atoms with Crippen molar-refractivity contribution in [2.75, 3.05) is 13.7 Å². The van der Waals surface area contributed by atoms with E-state index in [4.69, 9.17) is 4.74 Å². The SMILES string of the molecule is COCCC1(C(=O)NC2CC3CCC(C2)N3)CCCC1.Cl. The number of methoxy groups -OCH3 is 1. The van der Waals surface area contributed by atoms with Gasteiger partial charge in [-0.3, -0.25) is 4.79 Å². The van der Waals surface area contributed by atoms with Crippen molar-refractivity contribution in [3.8, 4) is 0 Å². The van der Waals surface area contributed by atoms with Crippen molar-refractivity contribution in [3.05, 3.63) is 0 Å². The minimum atomic E-state index is -0.139. The summed E-state index contributed by atoms with van der Waals surface area (Å²) in [7, 11) is 1.73. The van der Waals surface area contributed by atoms with Crippen LogP contribution in [-0.4, -0.2) is 37.7 Å².